The average Bonchev–Trinajstić information content (AvgIpc) is 3.50. The molecule has 1 aliphatic rings. The van der Waals surface area contributed by atoms with Crippen LogP contribution in [0.5, 0.6) is 0 Å². The van der Waals surface area contributed by atoms with Crippen LogP contribution in [0.15, 0.2) is 109 Å². The summed E-state index contributed by atoms with van der Waals surface area (Å²) < 4.78 is 0. The van der Waals surface area contributed by atoms with Crippen LogP contribution in [-0.4, -0.2) is 11.6 Å². The van der Waals surface area contributed by atoms with E-state index >= 15 is 0 Å². The van der Waals surface area contributed by atoms with Crippen LogP contribution in [0.1, 0.15) is 25.6 Å². The van der Waals surface area contributed by atoms with Crippen molar-refractivity contribution in [3.8, 4) is 10.4 Å². The van der Waals surface area contributed by atoms with Gasteiger partial charge in [0.2, 0.25) is 0 Å². The highest BCUT2D eigenvalue weighted by molar-refractivity contribution is 7.16. The van der Waals surface area contributed by atoms with Gasteiger partial charge in [-0.3, -0.25) is 9.59 Å². The number of carbonyl (C=O) groups is 2. The molecule has 0 unspecified atom stereocenters. The Morgan fingerprint density at radius 3 is 1.78 bits per heavy atom. The van der Waals surface area contributed by atoms with Crippen LogP contribution < -0.4 is 0 Å². The van der Waals surface area contributed by atoms with E-state index in [2.05, 4.69) is 72.8 Å². The molecule has 0 amide bonds. The minimum Gasteiger partial charge on any atom is -0.288 e. The number of thiophene rings is 1. The third-order valence-electron chi connectivity index (χ3n) is 7.61. The fraction of sp³-hybridized carbons (Fsp3) is 0. The predicted octanol–water partition coefficient (Wildman–Crippen LogP) is 8.93. The van der Waals surface area contributed by atoms with E-state index in [-0.39, 0.29) is 17.1 Å². The quantitative estimate of drug-likeness (QED) is 0.105. The summed E-state index contributed by atoms with van der Waals surface area (Å²) in [7, 11) is 0. The highest BCUT2D eigenvalue weighted by atomic mass is 32.1. The zero-order valence-corrected chi connectivity index (χ0v) is 20.4. The topological polar surface area (TPSA) is 34.1 Å². The molecule has 6 aromatic carbocycles. The first-order valence-electron chi connectivity index (χ1n) is 12.3. The zero-order chi connectivity index (χ0) is 24.7. The van der Waals surface area contributed by atoms with Crippen LogP contribution in [0, 0.1) is 0 Å². The van der Waals surface area contributed by atoms with Crippen molar-refractivity contribution in [3.63, 3.8) is 0 Å². The molecule has 37 heavy (non-hydrogen) atoms. The molecule has 0 saturated heterocycles. The Bertz CT molecular complexity index is 2040. The smallest absolute Gasteiger partial charge is 0.197 e. The molecule has 0 N–H and O–H groups in total. The molecule has 1 aromatic heterocycles. The van der Waals surface area contributed by atoms with Crippen LogP contribution in [0.25, 0.3) is 59.6 Å². The Balaban J connectivity index is 1.31. The monoisotopic (exact) mass is 490 g/mol. The Morgan fingerprint density at radius 2 is 1.08 bits per heavy atom. The lowest BCUT2D eigenvalue weighted by Gasteiger charge is -2.16. The van der Waals surface area contributed by atoms with Gasteiger partial charge in [-0.1, -0.05) is 91.0 Å². The van der Waals surface area contributed by atoms with E-state index in [4.69, 9.17) is 0 Å². The van der Waals surface area contributed by atoms with Crippen LogP contribution in [0.4, 0.5) is 0 Å². The number of allylic oxidation sites excluding steroid dienone is 1. The summed E-state index contributed by atoms with van der Waals surface area (Å²) in [6, 6.07) is 35.2. The van der Waals surface area contributed by atoms with Gasteiger partial charge in [-0.05, 0) is 66.9 Å². The standard InChI is InChI=1S/C34H18O2S/c35-33-27-8-1-2-9-28(27)34(36)29(33)18-20-14-17-30(37-20)21-15-16-26-24-11-4-7-19-6-3-10-23(31(19)24)25-13-5-12-22(21)32(25)26/h1-18H. The van der Waals surface area contributed by atoms with Crippen LogP contribution in [0.3, 0.4) is 0 Å². The fourth-order valence-corrected chi connectivity index (χ4v) is 6.97. The lowest BCUT2D eigenvalue weighted by Crippen LogP contribution is -1.99. The van der Waals surface area contributed by atoms with Crippen molar-refractivity contribution in [1.82, 2.24) is 0 Å². The summed E-state index contributed by atoms with van der Waals surface area (Å²) in [6.07, 6.45) is 1.75. The van der Waals surface area contributed by atoms with Gasteiger partial charge < -0.3 is 0 Å². The van der Waals surface area contributed by atoms with E-state index in [0.717, 1.165) is 15.3 Å². The first-order chi connectivity index (χ1) is 18.2. The summed E-state index contributed by atoms with van der Waals surface area (Å²) in [5.41, 5.74) is 2.40. The number of hydrogen-bond acceptors (Lipinski definition) is 3. The van der Waals surface area contributed by atoms with Crippen LogP contribution >= 0.6 is 11.3 Å². The van der Waals surface area contributed by atoms with Crippen molar-refractivity contribution in [2.45, 2.75) is 0 Å². The number of Topliss-reactive ketones (excluding diaryl/α,β-unsaturated/α-hetero) is 2. The Kier molecular flexibility index (Phi) is 4.14. The molecule has 0 aliphatic heterocycles. The van der Waals surface area contributed by atoms with Gasteiger partial charge in [-0.15, -0.1) is 11.3 Å². The number of ketones is 2. The summed E-state index contributed by atoms with van der Waals surface area (Å²) in [6.45, 7) is 0. The van der Waals surface area contributed by atoms with Crippen molar-refractivity contribution in [2.24, 2.45) is 0 Å². The average molecular weight is 491 g/mol. The maximum Gasteiger partial charge on any atom is 0.197 e. The molecule has 3 heteroatoms. The first kappa shape index (κ1) is 20.6. The molecule has 0 bridgehead atoms. The second-order valence-corrected chi connectivity index (χ2v) is 10.7. The largest absolute Gasteiger partial charge is 0.288 e. The number of fused-ring (bicyclic) bond motifs is 3. The van der Waals surface area contributed by atoms with Crippen molar-refractivity contribution >= 4 is 72.1 Å². The molecule has 1 heterocycles. The number of hydrogen-bond donors (Lipinski definition) is 0. The molecule has 0 fully saturated rings. The molecular formula is C34H18O2S. The van der Waals surface area contributed by atoms with Gasteiger partial charge in [0, 0.05) is 20.9 Å². The van der Waals surface area contributed by atoms with Gasteiger partial charge in [-0.2, -0.15) is 0 Å². The lowest BCUT2D eigenvalue weighted by molar-refractivity contribution is 0.0990. The van der Waals surface area contributed by atoms with E-state index < -0.39 is 0 Å². The Labute approximate surface area is 216 Å². The summed E-state index contributed by atoms with van der Waals surface area (Å²) >= 11 is 1.61. The molecule has 2 nitrogen and oxygen atoms in total. The van der Waals surface area contributed by atoms with E-state index in [1.54, 1.807) is 41.7 Å². The van der Waals surface area contributed by atoms with Gasteiger partial charge in [0.1, 0.15) is 0 Å². The molecule has 8 rings (SSSR count). The molecule has 172 valence electrons. The van der Waals surface area contributed by atoms with E-state index in [9.17, 15) is 9.59 Å². The summed E-state index contributed by atoms with van der Waals surface area (Å²) in [5.74, 6) is -0.380. The van der Waals surface area contributed by atoms with Crippen molar-refractivity contribution in [2.75, 3.05) is 0 Å². The normalized spacial score (nSPS) is 13.5. The van der Waals surface area contributed by atoms with Crippen molar-refractivity contribution < 1.29 is 9.59 Å². The van der Waals surface area contributed by atoms with Gasteiger partial charge in [0.05, 0.1) is 5.57 Å². The lowest BCUT2D eigenvalue weighted by atomic mass is 9.88. The van der Waals surface area contributed by atoms with Gasteiger partial charge >= 0.3 is 0 Å². The van der Waals surface area contributed by atoms with Crippen molar-refractivity contribution in [1.29, 1.82) is 0 Å². The fourth-order valence-electron chi connectivity index (χ4n) is 5.98. The van der Waals surface area contributed by atoms with Gasteiger partial charge in [0.25, 0.3) is 0 Å². The minimum absolute atomic E-state index is 0.190. The second-order valence-electron chi connectivity index (χ2n) is 9.56. The highest BCUT2D eigenvalue weighted by Gasteiger charge is 2.32. The second kappa shape index (κ2) is 7.45. The predicted molar refractivity (Wildman–Crippen MR) is 154 cm³/mol. The zero-order valence-electron chi connectivity index (χ0n) is 19.6. The SMILES string of the molecule is O=C1C(=Cc2ccc(-c3ccc4c5cccc6cccc(c7cccc3c74)c65)s2)C(=O)c2ccccc21. The molecule has 0 radical (unpaired) electrons. The van der Waals surface area contributed by atoms with Crippen molar-refractivity contribution in [3.05, 3.63) is 125 Å². The summed E-state index contributed by atoms with van der Waals surface area (Å²) in [4.78, 5) is 27.8. The van der Waals surface area contributed by atoms with E-state index in [1.165, 1.54) is 43.1 Å². The maximum absolute atomic E-state index is 12.9. The molecular weight excluding hydrogens is 472 g/mol. The number of benzene rings is 6. The number of rotatable bonds is 2. The number of carbonyl (C=O) groups excluding carboxylic acids is 2. The van der Waals surface area contributed by atoms with Gasteiger partial charge in [-0.25, -0.2) is 0 Å². The van der Waals surface area contributed by atoms with Gasteiger partial charge in [0.15, 0.2) is 11.6 Å². The van der Waals surface area contributed by atoms with Crippen LogP contribution in [0.2, 0.25) is 0 Å². The first-order valence-corrected chi connectivity index (χ1v) is 13.1. The molecule has 7 aromatic rings. The molecule has 1 aliphatic carbocycles. The maximum atomic E-state index is 12.9. The highest BCUT2D eigenvalue weighted by Crippen LogP contribution is 2.44. The molecule has 0 saturated carbocycles. The Morgan fingerprint density at radius 1 is 0.486 bits per heavy atom. The molecule has 0 atom stereocenters. The minimum atomic E-state index is -0.190. The Hall–Kier alpha value is -4.60. The third kappa shape index (κ3) is 2.80. The van der Waals surface area contributed by atoms with E-state index in [0.29, 0.717) is 11.1 Å². The van der Waals surface area contributed by atoms with Crippen LogP contribution in [-0.2, 0) is 0 Å². The summed E-state index contributed by atoms with van der Waals surface area (Å²) in [5, 5.41) is 10.1. The van der Waals surface area contributed by atoms with E-state index in [1.807, 2.05) is 6.07 Å². The molecule has 0 spiro atoms. The third-order valence-corrected chi connectivity index (χ3v) is 8.68.